The minimum atomic E-state index is -0.945. The van der Waals surface area contributed by atoms with Crippen LogP contribution in [-0.4, -0.2) is 27.2 Å². The fourth-order valence-electron chi connectivity index (χ4n) is 2.08. The third-order valence-electron chi connectivity index (χ3n) is 2.84. The summed E-state index contributed by atoms with van der Waals surface area (Å²) in [6.45, 7) is 1.36. The molecule has 3 N–H and O–H groups in total. The number of benzene rings is 1. The van der Waals surface area contributed by atoms with E-state index in [2.05, 4.69) is 0 Å². The molecule has 1 heterocycles. The number of hydrogen-bond donors (Lipinski definition) is 3. The Kier molecular flexibility index (Phi) is 3.76. The van der Waals surface area contributed by atoms with Gasteiger partial charge in [-0.25, -0.2) is 4.79 Å². The van der Waals surface area contributed by atoms with E-state index in [9.17, 15) is 24.9 Å². The Bertz CT molecular complexity index is 715. The number of aliphatic hydroxyl groups excluding tert-OH is 1. The van der Waals surface area contributed by atoms with Crippen molar-refractivity contribution in [3.8, 4) is 11.5 Å². The van der Waals surface area contributed by atoms with Crippen LogP contribution in [-0.2, 0) is 11.2 Å². The first-order valence-corrected chi connectivity index (χ1v) is 6.03. The fraction of sp³-hybridized carbons (Fsp3) is 0.286. The summed E-state index contributed by atoms with van der Waals surface area (Å²) in [5.41, 5.74) is -0.759. The van der Waals surface area contributed by atoms with Gasteiger partial charge >= 0.3 is 5.63 Å². The van der Waals surface area contributed by atoms with Gasteiger partial charge in [0.15, 0.2) is 0 Å². The van der Waals surface area contributed by atoms with Crippen LogP contribution in [0.3, 0.4) is 0 Å². The van der Waals surface area contributed by atoms with E-state index >= 15 is 0 Å². The van der Waals surface area contributed by atoms with E-state index in [1.807, 2.05) is 0 Å². The minimum Gasteiger partial charge on any atom is -0.508 e. The highest BCUT2D eigenvalue weighted by Gasteiger charge is 2.14. The fourth-order valence-corrected chi connectivity index (χ4v) is 2.08. The molecule has 0 aliphatic heterocycles. The summed E-state index contributed by atoms with van der Waals surface area (Å²) in [6, 6.07) is 3.80. The zero-order chi connectivity index (χ0) is 14.9. The van der Waals surface area contributed by atoms with Gasteiger partial charge in [0.05, 0.1) is 6.10 Å². The first kappa shape index (κ1) is 14.1. The minimum absolute atomic E-state index is 0.00117. The van der Waals surface area contributed by atoms with Crippen LogP contribution < -0.4 is 5.63 Å². The largest absolute Gasteiger partial charge is 0.508 e. The number of ketones is 1. The van der Waals surface area contributed by atoms with Gasteiger partial charge in [-0.15, -0.1) is 0 Å². The molecule has 1 aromatic carbocycles. The average Bonchev–Trinajstić information content (AvgIpc) is 2.25. The molecule has 0 unspecified atom stereocenters. The zero-order valence-corrected chi connectivity index (χ0v) is 10.8. The number of aliphatic hydroxyl groups is 1. The second-order valence-corrected chi connectivity index (χ2v) is 4.69. The third-order valence-corrected chi connectivity index (χ3v) is 2.84. The van der Waals surface area contributed by atoms with Gasteiger partial charge < -0.3 is 19.7 Å². The first-order chi connectivity index (χ1) is 9.36. The van der Waals surface area contributed by atoms with Crippen molar-refractivity contribution in [1.29, 1.82) is 0 Å². The predicted molar refractivity (Wildman–Crippen MR) is 70.8 cm³/mol. The van der Waals surface area contributed by atoms with Crippen molar-refractivity contribution in [2.24, 2.45) is 0 Å². The number of phenols is 2. The Labute approximate surface area is 113 Å². The van der Waals surface area contributed by atoms with Crippen molar-refractivity contribution in [3.05, 3.63) is 34.4 Å². The normalized spacial score (nSPS) is 12.5. The van der Waals surface area contributed by atoms with E-state index < -0.39 is 11.7 Å². The molecule has 0 bridgehead atoms. The lowest BCUT2D eigenvalue weighted by Crippen LogP contribution is -2.15. The summed E-state index contributed by atoms with van der Waals surface area (Å²) in [5, 5.41) is 29.0. The van der Waals surface area contributed by atoms with Crippen LogP contribution in [0.15, 0.2) is 27.4 Å². The van der Waals surface area contributed by atoms with Gasteiger partial charge in [0.2, 0.25) is 0 Å². The Morgan fingerprint density at radius 1 is 1.30 bits per heavy atom. The van der Waals surface area contributed by atoms with E-state index in [4.69, 9.17) is 4.42 Å². The van der Waals surface area contributed by atoms with Crippen LogP contribution >= 0.6 is 0 Å². The van der Waals surface area contributed by atoms with E-state index in [-0.39, 0.29) is 41.3 Å². The maximum atomic E-state index is 11.8. The molecular weight excluding hydrogens is 264 g/mol. The van der Waals surface area contributed by atoms with Gasteiger partial charge in [-0.3, -0.25) is 4.79 Å². The van der Waals surface area contributed by atoms with E-state index in [0.717, 1.165) is 6.07 Å². The summed E-state index contributed by atoms with van der Waals surface area (Å²) in [4.78, 5) is 22.7. The first-order valence-electron chi connectivity index (χ1n) is 6.03. The molecule has 0 saturated heterocycles. The molecule has 1 aromatic heterocycles. The summed E-state index contributed by atoms with van der Waals surface area (Å²) < 4.78 is 4.99. The maximum absolute atomic E-state index is 11.8. The van der Waals surface area contributed by atoms with Gasteiger partial charge in [-0.05, 0) is 24.4 Å². The molecule has 0 spiro atoms. The second-order valence-electron chi connectivity index (χ2n) is 4.69. The van der Waals surface area contributed by atoms with E-state index in [0.29, 0.717) is 5.39 Å². The molecule has 6 heteroatoms. The number of carbonyl (C=O) groups excluding carboxylic acids is 1. The molecule has 0 aliphatic carbocycles. The number of rotatable bonds is 4. The summed E-state index contributed by atoms with van der Waals surface area (Å²) in [7, 11) is 0. The summed E-state index contributed by atoms with van der Waals surface area (Å²) in [5.74, 6) is -0.544. The highest BCUT2D eigenvalue weighted by molar-refractivity contribution is 5.88. The number of hydrogen-bond acceptors (Lipinski definition) is 6. The zero-order valence-electron chi connectivity index (χ0n) is 10.8. The highest BCUT2D eigenvalue weighted by atomic mass is 16.4. The van der Waals surface area contributed by atoms with Crippen LogP contribution in [0, 0.1) is 0 Å². The van der Waals surface area contributed by atoms with Crippen LogP contribution in [0.5, 0.6) is 11.5 Å². The molecule has 0 saturated carbocycles. The van der Waals surface area contributed by atoms with Gasteiger partial charge in [0, 0.05) is 18.9 Å². The molecule has 20 heavy (non-hydrogen) atoms. The van der Waals surface area contributed by atoms with Crippen molar-refractivity contribution in [3.63, 3.8) is 0 Å². The lowest BCUT2D eigenvalue weighted by atomic mass is 10.1. The molecule has 0 aliphatic rings. The van der Waals surface area contributed by atoms with Gasteiger partial charge in [0.1, 0.15) is 28.4 Å². The average molecular weight is 278 g/mol. The number of fused-ring (bicyclic) bond motifs is 1. The number of aromatic hydroxyl groups is 2. The van der Waals surface area contributed by atoms with Gasteiger partial charge in [0.25, 0.3) is 0 Å². The molecular formula is C14H14O6. The third kappa shape index (κ3) is 2.97. The monoisotopic (exact) mass is 278 g/mol. The van der Waals surface area contributed by atoms with Gasteiger partial charge in [-0.2, -0.15) is 0 Å². The maximum Gasteiger partial charge on any atom is 0.347 e. The second kappa shape index (κ2) is 5.34. The lowest BCUT2D eigenvalue weighted by Gasteiger charge is -2.08. The van der Waals surface area contributed by atoms with Crippen LogP contribution in [0.2, 0.25) is 0 Å². The summed E-state index contributed by atoms with van der Waals surface area (Å²) in [6.07, 6.45) is -0.979. The van der Waals surface area contributed by atoms with Crippen LogP contribution in [0.1, 0.15) is 19.1 Å². The number of Topliss-reactive ketones (excluding diaryl/α,β-unsaturated/α-hetero) is 1. The van der Waals surface area contributed by atoms with Crippen molar-refractivity contribution >= 4 is 16.6 Å². The Balaban J connectivity index is 2.42. The SMILES string of the molecule is CC(=O)C[C@@H](O)Cc1cc2cc(O)cc(O)c2c(=O)o1. The molecule has 2 rings (SSSR count). The summed E-state index contributed by atoms with van der Waals surface area (Å²) >= 11 is 0. The Morgan fingerprint density at radius 3 is 2.65 bits per heavy atom. The molecule has 6 nitrogen and oxygen atoms in total. The Hall–Kier alpha value is -2.34. The highest BCUT2D eigenvalue weighted by Crippen LogP contribution is 2.28. The van der Waals surface area contributed by atoms with E-state index in [1.165, 1.54) is 19.1 Å². The molecule has 0 radical (unpaired) electrons. The smallest absolute Gasteiger partial charge is 0.347 e. The Morgan fingerprint density at radius 2 is 2.00 bits per heavy atom. The van der Waals surface area contributed by atoms with Crippen LogP contribution in [0.4, 0.5) is 0 Å². The predicted octanol–water partition coefficient (Wildman–Crippen LogP) is 1.09. The molecule has 0 fully saturated rings. The van der Waals surface area contributed by atoms with Crippen molar-refractivity contribution in [2.75, 3.05) is 0 Å². The number of phenolic OH excluding ortho intramolecular Hbond substituents is 2. The van der Waals surface area contributed by atoms with Crippen molar-refractivity contribution in [1.82, 2.24) is 0 Å². The van der Waals surface area contributed by atoms with Gasteiger partial charge in [-0.1, -0.05) is 0 Å². The lowest BCUT2D eigenvalue weighted by molar-refractivity contribution is -0.118. The van der Waals surface area contributed by atoms with E-state index in [1.54, 1.807) is 0 Å². The molecule has 106 valence electrons. The quantitative estimate of drug-likeness (QED) is 0.772. The van der Waals surface area contributed by atoms with Crippen molar-refractivity contribution in [2.45, 2.75) is 25.9 Å². The number of carbonyl (C=O) groups is 1. The topological polar surface area (TPSA) is 108 Å². The standard InChI is InChI=1S/C14H14O6/c1-7(15)2-9(16)5-11-4-8-3-10(17)6-12(18)13(8)14(19)20-11/h3-4,6,9,16-18H,2,5H2,1H3/t9-/m1/s1. The molecule has 2 aromatic rings. The molecule has 0 amide bonds. The molecule has 1 atom stereocenters. The van der Waals surface area contributed by atoms with Crippen molar-refractivity contribution < 1.29 is 24.5 Å². The van der Waals surface area contributed by atoms with Crippen LogP contribution in [0.25, 0.3) is 10.8 Å².